The molecule has 3 nitrogen and oxygen atoms in total. The Morgan fingerprint density at radius 3 is 2.78 bits per heavy atom. The van der Waals surface area contributed by atoms with Crippen LogP contribution in [0, 0.1) is 3.57 Å². The first-order valence-electron chi connectivity index (χ1n) is 5.39. The van der Waals surface area contributed by atoms with Gasteiger partial charge in [0, 0.05) is 34.7 Å². The highest BCUT2D eigenvalue weighted by atomic mass is 127. The molecule has 1 aromatic rings. The third-order valence-electron chi connectivity index (χ3n) is 2.37. The second kappa shape index (κ2) is 8.35. The van der Waals surface area contributed by atoms with E-state index in [2.05, 4.69) is 38.5 Å². The number of hydrogen-bond donors (Lipinski definition) is 0. The van der Waals surface area contributed by atoms with Gasteiger partial charge in [-0.25, -0.2) is 0 Å². The van der Waals surface area contributed by atoms with Crippen molar-refractivity contribution in [3.05, 3.63) is 32.4 Å². The largest absolute Gasteiger partial charge is 0.383 e. The average Bonchev–Trinajstić information content (AvgIpc) is 2.37. The lowest BCUT2D eigenvalue weighted by atomic mass is 10.2. The van der Waals surface area contributed by atoms with Crippen molar-refractivity contribution in [2.24, 2.45) is 0 Å². The van der Waals surface area contributed by atoms with Crippen LogP contribution >= 0.6 is 50.1 Å². The minimum atomic E-state index is -0.0233. The third kappa shape index (κ3) is 4.68. The van der Waals surface area contributed by atoms with Crippen LogP contribution in [-0.2, 0) is 4.74 Å². The van der Waals surface area contributed by atoms with Gasteiger partial charge in [0.1, 0.15) is 0 Å². The van der Waals surface area contributed by atoms with Crippen LogP contribution in [0.25, 0.3) is 0 Å². The molecule has 0 bridgehead atoms. The van der Waals surface area contributed by atoms with E-state index >= 15 is 0 Å². The van der Waals surface area contributed by atoms with Gasteiger partial charge in [0.15, 0.2) is 0 Å². The van der Waals surface area contributed by atoms with Crippen LogP contribution in [-0.4, -0.2) is 42.9 Å². The maximum atomic E-state index is 12.3. The summed E-state index contributed by atoms with van der Waals surface area (Å²) in [6.07, 6.45) is 0. The van der Waals surface area contributed by atoms with Crippen molar-refractivity contribution in [1.82, 2.24) is 4.90 Å². The number of amides is 1. The van der Waals surface area contributed by atoms with Crippen LogP contribution < -0.4 is 0 Å². The van der Waals surface area contributed by atoms with E-state index in [1.807, 2.05) is 6.07 Å². The molecule has 0 saturated heterocycles. The summed E-state index contributed by atoms with van der Waals surface area (Å²) in [7, 11) is 1.62. The predicted molar refractivity (Wildman–Crippen MR) is 85.7 cm³/mol. The number of benzene rings is 1. The molecule has 6 heteroatoms. The molecule has 0 aliphatic carbocycles. The Bertz CT molecular complexity index is 417. The topological polar surface area (TPSA) is 29.5 Å². The van der Waals surface area contributed by atoms with Gasteiger partial charge in [-0.05, 0) is 40.8 Å². The Hall–Kier alpha value is 0.150. The molecule has 0 atom stereocenters. The number of nitrogens with zero attached hydrogens (tertiary/aromatic N) is 1. The van der Waals surface area contributed by atoms with E-state index < -0.39 is 0 Å². The summed E-state index contributed by atoms with van der Waals surface area (Å²) in [5.41, 5.74) is 0.609. The summed E-state index contributed by atoms with van der Waals surface area (Å²) < 4.78 is 5.95. The number of ether oxygens (including phenoxy) is 1. The fraction of sp³-hybridized carbons (Fsp3) is 0.417. The summed E-state index contributed by atoms with van der Waals surface area (Å²) in [6, 6.07) is 5.35. The lowest BCUT2D eigenvalue weighted by molar-refractivity contribution is 0.0709. The molecular formula is C12H14BrClINO2. The molecule has 1 amide bonds. The van der Waals surface area contributed by atoms with Gasteiger partial charge in [0.25, 0.3) is 5.91 Å². The summed E-state index contributed by atoms with van der Waals surface area (Å²) in [4.78, 5) is 14.0. The third-order valence-corrected chi connectivity index (χ3v) is 4.30. The minimum Gasteiger partial charge on any atom is -0.383 e. The molecule has 0 spiro atoms. The maximum Gasteiger partial charge on any atom is 0.254 e. The molecule has 0 saturated carbocycles. The molecule has 18 heavy (non-hydrogen) atoms. The summed E-state index contributed by atoms with van der Waals surface area (Å²) >= 11 is 11.5. The number of hydrogen-bond acceptors (Lipinski definition) is 2. The number of rotatable bonds is 6. The van der Waals surface area contributed by atoms with Crippen molar-refractivity contribution in [2.75, 3.05) is 32.1 Å². The van der Waals surface area contributed by atoms with Crippen LogP contribution in [0.1, 0.15) is 10.4 Å². The molecule has 0 unspecified atom stereocenters. The molecule has 0 aliphatic rings. The lowest BCUT2D eigenvalue weighted by Gasteiger charge is -2.21. The zero-order chi connectivity index (χ0) is 13.5. The fourth-order valence-corrected chi connectivity index (χ4v) is 2.37. The van der Waals surface area contributed by atoms with Crippen LogP contribution in [0.3, 0.4) is 0 Å². The van der Waals surface area contributed by atoms with E-state index in [9.17, 15) is 4.79 Å². The highest BCUT2D eigenvalue weighted by molar-refractivity contribution is 14.1. The van der Waals surface area contributed by atoms with Gasteiger partial charge in [0.05, 0.1) is 11.6 Å². The van der Waals surface area contributed by atoms with Crippen molar-refractivity contribution < 1.29 is 9.53 Å². The standard InChI is InChI=1S/C12H14BrClINO2/c1-18-7-6-16(5-4-13)12(17)9-2-3-11(15)10(14)8-9/h2-3,8H,4-7H2,1H3. The van der Waals surface area contributed by atoms with E-state index in [-0.39, 0.29) is 5.91 Å². The second-order valence-electron chi connectivity index (χ2n) is 3.60. The number of methoxy groups -OCH3 is 1. The second-order valence-corrected chi connectivity index (χ2v) is 5.97. The number of halogens is 3. The molecule has 0 aromatic heterocycles. The Labute approximate surface area is 134 Å². The molecule has 0 heterocycles. The molecule has 0 fully saturated rings. The van der Waals surface area contributed by atoms with E-state index in [4.69, 9.17) is 16.3 Å². The monoisotopic (exact) mass is 445 g/mol. The van der Waals surface area contributed by atoms with E-state index in [1.165, 1.54) is 0 Å². The first kappa shape index (κ1) is 16.2. The van der Waals surface area contributed by atoms with Crippen LogP contribution in [0.15, 0.2) is 18.2 Å². The molecule has 0 aliphatic heterocycles. The van der Waals surface area contributed by atoms with E-state index in [0.717, 1.165) is 8.90 Å². The minimum absolute atomic E-state index is 0.0233. The summed E-state index contributed by atoms with van der Waals surface area (Å²) in [6.45, 7) is 1.74. The number of carbonyl (C=O) groups excluding carboxylic acids is 1. The molecule has 1 rings (SSSR count). The maximum absolute atomic E-state index is 12.3. The first-order valence-corrected chi connectivity index (χ1v) is 7.97. The molecular weight excluding hydrogens is 432 g/mol. The summed E-state index contributed by atoms with van der Waals surface area (Å²) in [5, 5.41) is 1.34. The average molecular weight is 447 g/mol. The lowest BCUT2D eigenvalue weighted by Crippen LogP contribution is -2.35. The molecule has 0 radical (unpaired) electrons. The van der Waals surface area contributed by atoms with Crippen LogP contribution in [0.4, 0.5) is 0 Å². The van der Waals surface area contributed by atoms with Crippen molar-refractivity contribution in [1.29, 1.82) is 0 Å². The van der Waals surface area contributed by atoms with Crippen molar-refractivity contribution >= 4 is 56.0 Å². The van der Waals surface area contributed by atoms with Gasteiger partial charge in [-0.1, -0.05) is 27.5 Å². The fourth-order valence-electron chi connectivity index (χ4n) is 1.43. The first-order chi connectivity index (χ1) is 8.60. The van der Waals surface area contributed by atoms with E-state index in [0.29, 0.717) is 30.3 Å². The van der Waals surface area contributed by atoms with Gasteiger partial charge in [-0.3, -0.25) is 4.79 Å². The quantitative estimate of drug-likeness (QED) is 0.495. The SMILES string of the molecule is COCCN(CCBr)C(=O)c1ccc(I)c(Cl)c1. The van der Waals surface area contributed by atoms with Crippen LogP contribution in [0.2, 0.25) is 5.02 Å². The Kier molecular flexibility index (Phi) is 7.51. The van der Waals surface area contributed by atoms with Gasteiger partial charge in [-0.2, -0.15) is 0 Å². The highest BCUT2D eigenvalue weighted by Crippen LogP contribution is 2.20. The Balaban J connectivity index is 2.83. The summed E-state index contributed by atoms with van der Waals surface area (Å²) in [5.74, 6) is -0.0233. The zero-order valence-electron chi connectivity index (χ0n) is 9.96. The Morgan fingerprint density at radius 2 is 2.22 bits per heavy atom. The normalized spacial score (nSPS) is 10.4. The molecule has 0 N–H and O–H groups in total. The smallest absolute Gasteiger partial charge is 0.254 e. The zero-order valence-corrected chi connectivity index (χ0v) is 14.5. The van der Waals surface area contributed by atoms with Gasteiger partial charge < -0.3 is 9.64 Å². The van der Waals surface area contributed by atoms with Gasteiger partial charge >= 0.3 is 0 Å². The predicted octanol–water partition coefficient (Wildman–Crippen LogP) is 3.43. The number of alkyl halides is 1. The van der Waals surface area contributed by atoms with E-state index in [1.54, 1.807) is 24.1 Å². The van der Waals surface area contributed by atoms with Crippen molar-refractivity contribution in [2.45, 2.75) is 0 Å². The van der Waals surface area contributed by atoms with Crippen LogP contribution in [0.5, 0.6) is 0 Å². The molecule has 1 aromatic carbocycles. The van der Waals surface area contributed by atoms with Gasteiger partial charge in [-0.15, -0.1) is 0 Å². The molecule has 100 valence electrons. The Morgan fingerprint density at radius 1 is 1.50 bits per heavy atom. The van der Waals surface area contributed by atoms with Gasteiger partial charge in [0.2, 0.25) is 0 Å². The van der Waals surface area contributed by atoms with Crippen molar-refractivity contribution in [3.8, 4) is 0 Å². The highest BCUT2D eigenvalue weighted by Gasteiger charge is 2.15. The number of carbonyl (C=O) groups is 1. The van der Waals surface area contributed by atoms with Crippen molar-refractivity contribution in [3.63, 3.8) is 0 Å².